The van der Waals surface area contributed by atoms with E-state index in [9.17, 15) is 4.79 Å². The third-order valence-corrected chi connectivity index (χ3v) is 8.63. The second-order valence-electron chi connectivity index (χ2n) is 10.6. The van der Waals surface area contributed by atoms with Gasteiger partial charge in [0.05, 0.1) is 0 Å². The van der Waals surface area contributed by atoms with Gasteiger partial charge < -0.3 is 0 Å². The SMILES string of the molecule is CCC(=O)Cc1ccc2c(c1C)CC[C@]1(C)[C@@H]([C@H](C)/C=C/[C@H](C)C(C)C)CC[C@@H]21. The molecule has 1 saturated carbocycles. The van der Waals surface area contributed by atoms with Gasteiger partial charge in [0.2, 0.25) is 0 Å². The molecule has 160 valence electrons. The van der Waals surface area contributed by atoms with E-state index >= 15 is 0 Å². The lowest BCUT2D eigenvalue weighted by atomic mass is 9.60. The summed E-state index contributed by atoms with van der Waals surface area (Å²) < 4.78 is 0. The van der Waals surface area contributed by atoms with Gasteiger partial charge >= 0.3 is 0 Å². The third kappa shape index (κ3) is 4.25. The van der Waals surface area contributed by atoms with Gasteiger partial charge in [-0.3, -0.25) is 4.79 Å². The number of hydrogen-bond acceptors (Lipinski definition) is 1. The highest BCUT2D eigenvalue weighted by atomic mass is 16.1. The largest absolute Gasteiger partial charge is 0.299 e. The number of Topliss-reactive ketones (excluding diaryl/α,β-unsaturated/α-hetero) is 1. The number of rotatable bonds is 7. The Labute approximate surface area is 179 Å². The summed E-state index contributed by atoms with van der Waals surface area (Å²) >= 11 is 0. The Kier molecular flexibility index (Phi) is 6.76. The molecule has 1 nitrogen and oxygen atoms in total. The number of carbonyl (C=O) groups is 1. The first-order chi connectivity index (χ1) is 13.7. The molecule has 2 aliphatic carbocycles. The van der Waals surface area contributed by atoms with Gasteiger partial charge in [0.1, 0.15) is 5.78 Å². The molecule has 1 aromatic rings. The molecule has 0 spiro atoms. The lowest BCUT2D eigenvalue weighted by Crippen LogP contribution is -2.35. The Morgan fingerprint density at radius 3 is 2.55 bits per heavy atom. The number of benzene rings is 1. The van der Waals surface area contributed by atoms with E-state index in [2.05, 4.69) is 65.8 Å². The average molecular weight is 395 g/mol. The predicted molar refractivity (Wildman–Crippen MR) is 124 cm³/mol. The van der Waals surface area contributed by atoms with E-state index in [1.807, 2.05) is 6.92 Å². The summed E-state index contributed by atoms with van der Waals surface area (Å²) in [7, 11) is 0. The molecule has 0 saturated heterocycles. The topological polar surface area (TPSA) is 17.1 Å². The van der Waals surface area contributed by atoms with Crippen LogP contribution >= 0.6 is 0 Å². The zero-order chi connectivity index (χ0) is 21.3. The van der Waals surface area contributed by atoms with Gasteiger partial charge in [-0.2, -0.15) is 0 Å². The molecule has 0 bridgehead atoms. The van der Waals surface area contributed by atoms with Crippen molar-refractivity contribution in [3.8, 4) is 0 Å². The van der Waals surface area contributed by atoms with Crippen molar-refractivity contribution in [3.05, 3.63) is 46.5 Å². The van der Waals surface area contributed by atoms with Crippen LogP contribution in [-0.2, 0) is 17.6 Å². The summed E-state index contributed by atoms with van der Waals surface area (Å²) in [5.74, 6) is 3.83. The van der Waals surface area contributed by atoms with Gasteiger partial charge in [-0.1, -0.05) is 65.8 Å². The number of carbonyl (C=O) groups excluding carboxylic acids is 1. The summed E-state index contributed by atoms with van der Waals surface area (Å²) in [5, 5.41) is 0. The molecule has 29 heavy (non-hydrogen) atoms. The van der Waals surface area contributed by atoms with Gasteiger partial charge in [0.25, 0.3) is 0 Å². The van der Waals surface area contributed by atoms with E-state index in [4.69, 9.17) is 0 Å². The van der Waals surface area contributed by atoms with Crippen LogP contribution in [0, 0.1) is 36.0 Å². The molecule has 3 rings (SSSR count). The highest BCUT2D eigenvalue weighted by molar-refractivity contribution is 5.81. The first-order valence-electron chi connectivity index (χ1n) is 12.0. The first kappa shape index (κ1) is 22.3. The molecule has 0 aromatic heterocycles. The molecule has 1 aromatic carbocycles. The summed E-state index contributed by atoms with van der Waals surface area (Å²) in [4.78, 5) is 12.0. The van der Waals surface area contributed by atoms with Crippen molar-refractivity contribution in [1.29, 1.82) is 0 Å². The Hall–Kier alpha value is -1.37. The van der Waals surface area contributed by atoms with Crippen LogP contribution in [0.1, 0.15) is 95.4 Å². The maximum Gasteiger partial charge on any atom is 0.137 e. The number of allylic oxidation sites excluding steroid dienone is 2. The smallest absolute Gasteiger partial charge is 0.137 e. The molecule has 0 radical (unpaired) electrons. The van der Waals surface area contributed by atoms with Crippen LogP contribution in [0.4, 0.5) is 0 Å². The van der Waals surface area contributed by atoms with Crippen LogP contribution in [0.3, 0.4) is 0 Å². The molecule has 2 aliphatic rings. The minimum Gasteiger partial charge on any atom is -0.299 e. The molecular weight excluding hydrogens is 352 g/mol. The van der Waals surface area contributed by atoms with Crippen molar-refractivity contribution in [2.45, 2.75) is 92.9 Å². The molecule has 0 N–H and O–H groups in total. The van der Waals surface area contributed by atoms with Crippen LogP contribution in [0.5, 0.6) is 0 Å². The molecule has 0 aliphatic heterocycles. The fraction of sp³-hybridized carbons (Fsp3) is 0.679. The van der Waals surface area contributed by atoms with Gasteiger partial charge in [0.15, 0.2) is 0 Å². The van der Waals surface area contributed by atoms with Gasteiger partial charge in [-0.25, -0.2) is 0 Å². The monoisotopic (exact) mass is 394 g/mol. The maximum absolute atomic E-state index is 12.0. The van der Waals surface area contributed by atoms with Gasteiger partial charge in [0, 0.05) is 12.8 Å². The second kappa shape index (κ2) is 8.78. The minimum absolute atomic E-state index is 0.353. The Morgan fingerprint density at radius 2 is 1.90 bits per heavy atom. The van der Waals surface area contributed by atoms with E-state index in [1.165, 1.54) is 36.8 Å². The number of hydrogen-bond donors (Lipinski definition) is 0. The summed E-state index contributed by atoms with van der Waals surface area (Å²) in [6, 6.07) is 4.64. The van der Waals surface area contributed by atoms with Crippen molar-refractivity contribution >= 4 is 5.78 Å². The highest BCUT2D eigenvalue weighted by Gasteiger charge is 2.50. The average Bonchev–Trinajstić information content (AvgIpc) is 3.05. The third-order valence-electron chi connectivity index (χ3n) is 8.63. The minimum atomic E-state index is 0.353. The van der Waals surface area contributed by atoms with E-state index in [-0.39, 0.29) is 0 Å². The van der Waals surface area contributed by atoms with Crippen molar-refractivity contribution in [2.75, 3.05) is 0 Å². The van der Waals surface area contributed by atoms with Crippen LogP contribution < -0.4 is 0 Å². The molecule has 5 atom stereocenters. The van der Waals surface area contributed by atoms with E-state index < -0.39 is 0 Å². The van der Waals surface area contributed by atoms with Gasteiger partial charge in [-0.15, -0.1) is 0 Å². The Morgan fingerprint density at radius 1 is 1.17 bits per heavy atom. The van der Waals surface area contributed by atoms with Crippen LogP contribution in [0.25, 0.3) is 0 Å². The zero-order valence-corrected chi connectivity index (χ0v) is 19.8. The van der Waals surface area contributed by atoms with Crippen LogP contribution in [-0.4, -0.2) is 5.78 Å². The van der Waals surface area contributed by atoms with E-state index in [0.29, 0.717) is 47.7 Å². The normalized spacial score (nSPS) is 28.4. The molecule has 1 fully saturated rings. The zero-order valence-electron chi connectivity index (χ0n) is 19.8. The van der Waals surface area contributed by atoms with Gasteiger partial charge in [-0.05, 0) is 89.9 Å². The van der Waals surface area contributed by atoms with E-state index in [0.717, 1.165) is 5.92 Å². The lowest BCUT2D eigenvalue weighted by molar-refractivity contribution is -0.118. The molecular formula is C28H42O. The Balaban J connectivity index is 1.83. The molecule has 0 heterocycles. The fourth-order valence-electron chi connectivity index (χ4n) is 6.11. The highest BCUT2D eigenvalue weighted by Crippen LogP contribution is 2.61. The van der Waals surface area contributed by atoms with Crippen LogP contribution in [0.15, 0.2) is 24.3 Å². The molecule has 1 heteroatoms. The van der Waals surface area contributed by atoms with Crippen LogP contribution in [0.2, 0.25) is 0 Å². The van der Waals surface area contributed by atoms with Crippen molar-refractivity contribution in [3.63, 3.8) is 0 Å². The summed E-state index contributed by atoms with van der Waals surface area (Å²) in [5.41, 5.74) is 6.22. The Bertz CT molecular complexity index is 771. The fourth-order valence-corrected chi connectivity index (χ4v) is 6.11. The quantitative estimate of drug-likeness (QED) is 0.439. The van der Waals surface area contributed by atoms with Crippen molar-refractivity contribution in [2.24, 2.45) is 29.1 Å². The lowest BCUT2D eigenvalue weighted by Gasteiger charge is -2.44. The summed E-state index contributed by atoms with van der Waals surface area (Å²) in [6.45, 7) is 16.2. The second-order valence-corrected chi connectivity index (χ2v) is 10.6. The molecule has 0 amide bonds. The molecule has 0 unspecified atom stereocenters. The van der Waals surface area contributed by atoms with E-state index in [1.54, 1.807) is 11.1 Å². The van der Waals surface area contributed by atoms with Crippen molar-refractivity contribution in [1.82, 2.24) is 0 Å². The number of ketones is 1. The standard InChI is InChI=1S/C28H42O/c1-8-23(29)17-22-11-12-25-24(21(22)6)15-16-28(7)26(13-14-27(25)28)20(5)10-9-19(4)18(2)3/h9-12,18-20,26-27H,8,13-17H2,1-7H3/b10-9+/t19-,20+,26+,27-,28+/m0/s1. The number of fused-ring (bicyclic) bond motifs is 3. The first-order valence-corrected chi connectivity index (χ1v) is 12.0. The maximum atomic E-state index is 12.0. The summed E-state index contributed by atoms with van der Waals surface area (Å²) in [6.07, 6.45) is 11.4. The predicted octanol–water partition coefficient (Wildman–Crippen LogP) is 7.45. The van der Waals surface area contributed by atoms with Crippen molar-refractivity contribution < 1.29 is 4.79 Å².